The van der Waals surface area contributed by atoms with Gasteiger partial charge in [-0.25, -0.2) is 10.4 Å². The average Bonchev–Trinajstić information content (AvgIpc) is 3.29. The lowest BCUT2D eigenvalue weighted by Gasteiger charge is -2.15. The van der Waals surface area contributed by atoms with E-state index in [-0.39, 0.29) is 17.6 Å². The molecule has 0 saturated carbocycles. The number of nitrogens with zero attached hydrogens (tertiary/aromatic N) is 1. The molecule has 0 spiro atoms. The van der Waals surface area contributed by atoms with Crippen molar-refractivity contribution >= 4 is 29.7 Å². The van der Waals surface area contributed by atoms with Gasteiger partial charge in [0.1, 0.15) is 11.9 Å². The van der Waals surface area contributed by atoms with Crippen LogP contribution in [0.5, 0.6) is 17.2 Å². The summed E-state index contributed by atoms with van der Waals surface area (Å²) in [5, 5.41) is 5.01. The molecule has 2 saturated heterocycles. The van der Waals surface area contributed by atoms with Crippen molar-refractivity contribution in [3.63, 3.8) is 0 Å². The predicted octanol–water partition coefficient (Wildman–Crippen LogP) is 3.03. The molecule has 31 heavy (non-hydrogen) atoms. The number of hydrogen-bond acceptors (Lipinski definition) is 8. The van der Waals surface area contributed by atoms with Crippen LogP contribution in [0.25, 0.3) is 6.08 Å². The topological polar surface area (TPSA) is 89.1 Å². The van der Waals surface area contributed by atoms with Crippen LogP contribution in [0.4, 0.5) is 0 Å². The number of hydrogen-bond donors (Lipinski definition) is 2. The zero-order valence-electron chi connectivity index (χ0n) is 17.4. The molecule has 2 aromatic rings. The second-order valence-corrected chi connectivity index (χ2v) is 8.01. The Kier molecular flexibility index (Phi) is 6.17. The number of carbonyl (C=O) groups excluding carboxylic acids is 2. The third-order valence-electron chi connectivity index (χ3n) is 4.74. The van der Waals surface area contributed by atoms with E-state index in [9.17, 15) is 9.59 Å². The van der Waals surface area contributed by atoms with Gasteiger partial charge in [0.25, 0.3) is 5.91 Å². The van der Waals surface area contributed by atoms with Crippen LogP contribution in [-0.4, -0.2) is 36.1 Å². The lowest BCUT2D eigenvalue weighted by atomic mass is 10.2. The summed E-state index contributed by atoms with van der Waals surface area (Å²) in [5.41, 5.74) is 4.80. The fraction of sp³-hybridized carbons (Fsp3) is 0.273. The number of amides is 1. The minimum absolute atomic E-state index is 0.112. The summed E-state index contributed by atoms with van der Waals surface area (Å²) >= 11 is 1.44. The van der Waals surface area contributed by atoms with Gasteiger partial charge >= 0.3 is 5.97 Å². The van der Waals surface area contributed by atoms with Crippen LogP contribution in [0.1, 0.15) is 31.1 Å². The lowest BCUT2D eigenvalue weighted by molar-refractivity contribution is -0.132. The molecule has 9 heteroatoms. The van der Waals surface area contributed by atoms with Gasteiger partial charge in [-0.05, 0) is 48.4 Å². The van der Waals surface area contributed by atoms with Crippen LogP contribution in [0.3, 0.4) is 0 Å². The summed E-state index contributed by atoms with van der Waals surface area (Å²) in [6, 6.07) is 12.9. The van der Waals surface area contributed by atoms with Gasteiger partial charge in [-0.3, -0.25) is 14.9 Å². The van der Waals surface area contributed by atoms with E-state index in [2.05, 4.69) is 10.7 Å². The molecule has 8 nitrogen and oxygen atoms in total. The van der Waals surface area contributed by atoms with Crippen LogP contribution in [0.2, 0.25) is 0 Å². The number of hydrazine groups is 1. The fourth-order valence-corrected chi connectivity index (χ4v) is 4.47. The smallest absolute Gasteiger partial charge is 0.308 e. The zero-order valence-corrected chi connectivity index (χ0v) is 18.2. The molecule has 0 bridgehead atoms. The van der Waals surface area contributed by atoms with E-state index < -0.39 is 5.97 Å². The first-order valence-electron chi connectivity index (χ1n) is 9.82. The Balaban J connectivity index is 1.46. The van der Waals surface area contributed by atoms with Crippen molar-refractivity contribution < 1.29 is 23.8 Å². The average molecular weight is 442 g/mol. The number of rotatable bonds is 6. The van der Waals surface area contributed by atoms with E-state index in [0.29, 0.717) is 23.0 Å². The van der Waals surface area contributed by atoms with Gasteiger partial charge in [-0.15, -0.1) is 0 Å². The van der Waals surface area contributed by atoms with Crippen molar-refractivity contribution in [3.8, 4) is 17.2 Å². The number of carbonyl (C=O) groups is 2. The molecule has 2 aromatic carbocycles. The third kappa shape index (κ3) is 4.53. The molecule has 2 heterocycles. The number of thioether (sulfide) groups is 1. The van der Waals surface area contributed by atoms with E-state index in [1.54, 1.807) is 29.3 Å². The summed E-state index contributed by atoms with van der Waals surface area (Å²) < 4.78 is 15.9. The molecule has 2 N–H and O–H groups in total. The number of nitrogens with one attached hydrogen (secondary N) is 2. The van der Waals surface area contributed by atoms with Crippen molar-refractivity contribution in [2.24, 2.45) is 0 Å². The summed E-state index contributed by atoms with van der Waals surface area (Å²) in [7, 11) is 1.50. The maximum Gasteiger partial charge on any atom is 0.308 e. The van der Waals surface area contributed by atoms with E-state index in [1.807, 2.05) is 31.2 Å². The number of benzene rings is 2. The standard InChI is InChI=1S/C22H23N3O5S/c1-4-29-16-8-6-15(7-9-16)20-23-22-25(24-20)21(27)19(31-22)12-14-5-10-17(30-13(2)26)18(11-14)28-3/h5-12,20,22-24H,4H2,1-3H3/b19-12-. The first kappa shape index (κ1) is 21.2. The van der Waals surface area contributed by atoms with Gasteiger partial charge < -0.3 is 14.2 Å². The first-order valence-corrected chi connectivity index (χ1v) is 10.7. The van der Waals surface area contributed by atoms with Crippen molar-refractivity contribution in [1.82, 2.24) is 15.8 Å². The Morgan fingerprint density at radius 3 is 2.61 bits per heavy atom. The van der Waals surface area contributed by atoms with Crippen molar-refractivity contribution in [3.05, 3.63) is 58.5 Å². The van der Waals surface area contributed by atoms with Crippen LogP contribution in [0, 0.1) is 0 Å². The number of esters is 1. The Labute approximate surface area is 184 Å². The van der Waals surface area contributed by atoms with Crippen molar-refractivity contribution in [2.45, 2.75) is 25.5 Å². The van der Waals surface area contributed by atoms with Gasteiger partial charge in [0.15, 0.2) is 17.0 Å². The molecule has 4 rings (SSSR count). The van der Waals surface area contributed by atoms with Gasteiger partial charge in [-0.2, -0.15) is 0 Å². The van der Waals surface area contributed by atoms with Gasteiger partial charge in [0.2, 0.25) is 0 Å². The fourth-order valence-electron chi connectivity index (χ4n) is 3.36. The van der Waals surface area contributed by atoms with Gasteiger partial charge in [0, 0.05) is 6.92 Å². The van der Waals surface area contributed by atoms with Crippen LogP contribution >= 0.6 is 11.8 Å². The number of fused-ring (bicyclic) bond motifs is 1. The normalized spacial score (nSPS) is 21.3. The highest BCUT2D eigenvalue weighted by Gasteiger charge is 2.43. The monoisotopic (exact) mass is 441 g/mol. The quantitative estimate of drug-likeness (QED) is 0.402. The Hall–Kier alpha value is -3.01. The van der Waals surface area contributed by atoms with E-state index in [0.717, 1.165) is 16.9 Å². The molecule has 2 unspecified atom stereocenters. The highest BCUT2D eigenvalue weighted by molar-refractivity contribution is 8.05. The van der Waals surface area contributed by atoms with E-state index in [1.165, 1.54) is 25.8 Å². The minimum Gasteiger partial charge on any atom is -0.494 e. The highest BCUT2D eigenvalue weighted by atomic mass is 32.2. The molecule has 1 amide bonds. The number of methoxy groups -OCH3 is 1. The summed E-state index contributed by atoms with van der Waals surface area (Å²) in [6.07, 6.45) is 1.63. The maximum absolute atomic E-state index is 12.9. The molecule has 162 valence electrons. The molecular weight excluding hydrogens is 418 g/mol. The zero-order chi connectivity index (χ0) is 22.0. The molecular formula is C22H23N3O5S. The molecule has 2 fully saturated rings. The second kappa shape index (κ2) is 9.01. The van der Waals surface area contributed by atoms with Crippen LogP contribution < -0.4 is 25.0 Å². The third-order valence-corrected chi connectivity index (χ3v) is 5.86. The van der Waals surface area contributed by atoms with Gasteiger partial charge in [-0.1, -0.05) is 30.0 Å². The molecule has 0 radical (unpaired) electrons. The van der Waals surface area contributed by atoms with Crippen molar-refractivity contribution in [1.29, 1.82) is 0 Å². The Bertz CT molecular complexity index is 1020. The van der Waals surface area contributed by atoms with Gasteiger partial charge in [0.05, 0.1) is 18.6 Å². The highest BCUT2D eigenvalue weighted by Crippen LogP contribution is 2.39. The Morgan fingerprint density at radius 2 is 1.97 bits per heavy atom. The van der Waals surface area contributed by atoms with Crippen LogP contribution in [0.15, 0.2) is 47.4 Å². The first-order chi connectivity index (χ1) is 15.0. The van der Waals surface area contributed by atoms with E-state index in [4.69, 9.17) is 14.2 Å². The molecule has 2 atom stereocenters. The molecule has 0 aliphatic carbocycles. The largest absolute Gasteiger partial charge is 0.494 e. The summed E-state index contributed by atoms with van der Waals surface area (Å²) in [5.74, 6) is 1.04. The van der Waals surface area contributed by atoms with Crippen molar-refractivity contribution in [2.75, 3.05) is 13.7 Å². The minimum atomic E-state index is -0.425. The SMILES string of the molecule is CCOc1ccc(C2NC3S/C(=C\c4ccc(OC(C)=O)c(OC)c4)C(=O)N3N2)cc1. The lowest BCUT2D eigenvalue weighted by Crippen LogP contribution is -2.37. The molecule has 0 aromatic heterocycles. The van der Waals surface area contributed by atoms with Crippen LogP contribution in [-0.2, 0) is 9.59 Å². The molecule has 2 aliphatic rings. The second-order valence-electron chi connectivity index (χ2n) is 6.89. The predicted molar refractivity (Wildman–Crippen MR) is 117 cm³/mol. The Morgan fingerprint density at radius 1 is 1.19 bits per heavy atom. The summed E-state index contributed by atoms with van der Waals surface area (Å²) in [4.78, 5) is 24.7. The van der Waals surface area contributed by atoms with E-state index >= 15 is 0 Å². The maximum atomic E-state index is 12.9. The summed E-state index contributed by atoms with van der Waals surface area (Å²) in [6.45, 7) is 3.89. The molecule has 2 aliphatic heterocycles. The number of ether oxygens (including phenoxy) is 3.